The molecule has 1 N–H and O–H groups in total. The second-order valence-electron chi connectivity index (χ2n) is 8.10. The average molecular weight is 502 g/mol. The summed E-state index contributed by atoms with van der Waals surface area (Å²) in [7, 11) is -0.692. The van der Waals surface area contributed by atoms with Crippen molar-refractivity contribution in [1.82, 2.24) is 15.2 Å². The molecule has 1 aromatic heterocycles. The Balaban J connectivity index is 1.51. The molecule has 2 heterocycles. The van der Waals surface area contributed by atoms with Gasteiger partial charge in [-0.15, -0.1) is 0 Å². The largest absolute Gasteiger partial charge is 0.497 e. The van der Waals surface area contributed by atoms with Crippen LogP contribution in [0.5, 0.6) is 5.75 Å². The number of carbonyl (C=O) groups excluding carboxylic acids is 1. The summed E-state index contributed by atoms with van der Waals surface area (Å²) in [6.45, 7) is -0.155. The molecule has 0 unspecified atom stereocenters. The van der Waals surface area contributed by atoms with Crippen molar-refractivity contribution in [2.45, 2.75) is 11.4 Å². The first-order valence-electron chi connectivity index (χ1n) is 11.1. The zero-order chi connectivity index (χ0) is 25.3. The predicted octanol–water partition coefficient (Wildman–Crippen LogP) is 3.51. The number of aromatic nitrogens is 2. The van der Waals surface area contributed by atoms with Gasteiger partial charge in [0.05, 0.1) is 23.9 Å². The quantitative estimate of drug-likeness (QED) is 0.322. The summed E-state index contributed by atoms with van der Waals surface area (Å²) in [5.74, 6) is 0.319. The minimum atomic E-state index is -3.78. The van der Waals surface area contributed by atoms with Crippen LogP contribution in [0.1, 0.15) is 5.56 Å². The summed E-state index contributed by atoms with van der Waals surface area (Å²) in [4.78, 5) is 13.0. The van der Waals surface area contributed by atoms with Crippen molar-refractivity contribution in [3.8, 4) is 28.3 Å². The molecular weight excluding hydrogens is 478 g/mol. The molecule has 0 radical (unpaired) electrons. The molecule has 10 heteroatoms. The van der Waals surface area contributed by atoms with Crippen LogP contribution >= 0.6 is 0 Å². The van der Waals surface area contributed by atoms with Gasteiger partial charge in [0, 0.05) is 18.2 Å². The molecule has 1 aliphatic rings. The van der Waals surface area contributed by atoms with Gasteiger partial charge < -0.3 is 4.74 Å². The summed E-state index contributed by atoms with van der Waals surface area (Å²) in [5.41, 5.74) is 6.00. The highest BCUT2D eigenvalue weighted by Crippen LogP contribution is 2.47. The van der Waals surface area contributed by atoms with E-state index in [-0.39, 0.29) is 11.4 Å². The topological polar surface area (TPSA) is 106 Å². The third-order valence-electron chi connectivity index (χ3n) is 5.88. The lowest BCUT2D eigenvalue weighted by molar-refractivity contribution is -0.121. The Kier molecular flexibility index (Phi) is 6.03. The van der Waals surface area contributed by atoms with Gasteiger partial charge in [0.2, 0.25) is 0 Å². The Bertz CT molecular complexity index is 1560. The maximum atomic E-state index is 13.3. The first-order valence-corrected chi connectivity index (χ1v) is 12.5. The number of benzene rings is 3. The number of hydrogen-bond donors (Lipinski definition) is 1. The molecule has 0 saturated heterocycles. The fraction of sp³-hybridized carbons (Fsp3) is 0.115. The lowest BCUT2D eigenvalue weighted by Crippen LogP contribution is -2.31. The van der Waals surface area contributed by atoms with Crippen LogP contribution in [0.25, 0.3) is 22.5 Å². The minimum absolute atomic E-state index is 0.155. The monoisotopic (exact) mass is 501 g/mol. The first-order chi connectivity index (χ1) is 17.4. The van der Waals surface area contributed by atoms with Crippen molar-refractivity contribution >= 4 is 27.8 Å². The summed E-state index contributed by atoms with van der Waals surface area (Å²) in [6, 6.07) is 23.2. The number of anilines is 1. The Labute approximate surface area is 208 Å². The van der Waals surface area contributed by atoms with E-state index in [1.54, 1.807) is 43.5 Å². The Morgan fingerprint density at radius 2 is 1.72 bits per heavy atom. The van der Waals surface area contributed by atoms with E-state index >= 15 is 0 Å². The van der Waals surface area contributed by atoms with Crippen molar-refractivity contribution in [3.63, 3.8) is 0 Å². The molecule has 4 aromatic rings. The van der Waals surface area contributed by atoms with Crippen molar-refractivity contribution in [2.24, 2.45) is 5.10 Å². The fourth-order valence-electron chi connectivity index (χ4n) is 4.12. The van der Waals surface area contributed by atoms with E-state index in [9.17, 15) is 13.2 Å². The number of hydrazone groups is 1. The summed E-state index contributed by atoms with van der Waals surface area (Å²) < 4.78 is 34.5. The van der Waals surface area contributed by atoms with Crippen molar-refractivity contribution < 1.29 is 17.9 Å². The molecular formula is C26H23N5O4S. The predicted molar refractivity (Wildman–Crippen MR) is 137 cm³/mol. The number of hydrogen-bond acceptors (Lipinski definition) is 6. The normalized spacial score (nSPS) is 13.8. The highest BCUT2D eigenvalue weighted by atomic mass is 32.2. The zero-order valence-electron chi connectivity index (χ0n) is 19.6. The van der Waals surface area contributed by atoms with Gasteiger partial charge in [0.25, 0.3) is 15.9 Å². The van der Waals surface area contributed by atoms with Crippen LogP contribution in [-0.2, 0) is 21.4 Å². The van der Waals surface area contributed by atoms with Crippen LogP contribution in [0.4, 0.5) is 5.69 Å². The number of carbonyl (C=O) groups is 1. The standard InChI is InChI=1S/C26H23N5O4S/c1-30-26-24(19-8-4-3-5-9-19)29-31(25(26)21-10-6-7-11-22(21)36(30,33)34)17-23(32)28-27-16-18-12-14-20(35-2)15-13-18/h3-16H,17H2,1-2H3,(H,28,32)/b27-16+. The fourth-order valence-corrected chi connectivity index (χ4v) is 5.52. The Morgan fingerprint density at radius 3 is 2.44 bits per heavy atom. The molecule has 0 bridgehead atoms. The van der Waals surface area contributed by atoms with Crippen LogP contribution in [0.2, 0.25) is 0 Å². The van der Waals surface area contributed by atoms with Crippen LogP contribution < -0.4 is 14.5 Å². The molecule has 1 aliphatic heterocycles. The summed E-state index contributed by atoms with van der Waals surface area (Å²) >= 11 is 0. The molecule has 0 atom stereocenters. The van der Waals surface area contributed by atoms with Gasteiger partial charge in [0.15, 0.2) is 0 Å². The molecule has 3 aromatic carbocycles. The molecule has 182 valence electrons. The van der Waals surface area contributed by atoms with Crippen molar-refractivity contribution in [3.05, 3.63) is 84.4 Å². The lowest BCUT2D eigenvalue weighted by atomic mass is 10.1. The van der Waals surface area contributed by atoms with E-state index in [4.69, 9.17) is 4.74 Å². The highest BCUT2D eigenvalue weighted by Gasteiger charge is 2.38. The van der Waals surface area contributed by atoms with Gasteiger partial charge in [0.1, 0.15) is 23.7 Å². The maximum absolute atomic E-state index is 13.3. The molecule has 5 rings (SSSR count). The number of methoxy groups -OCH3 is 1. The average Bonchev–Trinajstić information content (AvgIpc) is 3.27. The number of amides is 1. The maximum Gasteiger partial charge on any atom is 0.264 e. The van der Waals surface area contributed by atoms with Gasteiger partial charge in [-0.05, 0) is 35.9 Å². The van der Waals surface area contributed by atoms with E-state index < -0.39 is 15.9 Å². The van der Waals surface area contributed by atoms with Gasteiger partial charge in [-0.3, -0.25) is 13.8 Å². The van der Waals surface area contributed by atoms with Crippen LogP contribution in [0.15, 0.2) is 88.9 Å². The molecule has 0 spiro atoms. The number of rotatable bonds is 6. The van der Waals surface area contributed by atoms with Crippen LogP contribution in [0.3, 0.4) is 0 Å². The molecule has 36 heavy (non-hydrogen) atoms. The zero-order valence-corrected chi connectivity index (χ0v) is 20.4. The lowest BCUT2D eigenvalue weighted by Gasteiger charge is -2.27. The van der Waals surface area contributed by atoms with Crippen LogP contribution in [-0.4, -0.2) is 44.5 Å². The second kappa shape index (κ2) is 9.31. The first kappa shape index (κ1) is 23.3. The van der Waals surface area contributed by atoms with Crippen LogP contribution in [0, 0.1) is 0 Å². The molecule has 1 amide bonds. The van der Waals surface area contributed by atoms with E-state index in [1.165, 1.54) is 22.2 Å². The number of nitrogens with zero attached hydrogens (tertiary/aromatic N) is 4. The number of fused-ring (bicyclic) bond motifs is 3. The third-order valence-corrected chi connectivity index (χ3v) is 7.70. The Morgan fingerprint density at radius 1 is 1.03 bits per heavy atom. The molecule has 0 aliphatic carbocycles. The van der Waals surface area contributed by atoms with Gasteiger partial charge in [-0.25, -0.2) is 13.8 Å². The van der Waals surface area contributed by atoms with E-state index in [1.807, 2.05) is 42.5 Å². The van der Waals surface area contributed by atoms with Gasteiger partial charge in [-0.1, -0.05) is 48.5 Å². The smallest absolute Gasteiger partial charge is 0.264 e. The Hall–Kier alpha value is -4.44. The minimum Gasteiger partial charge on any atom is -0.497 e. The van der Waals surface area contributed by atoms with E-state index in [0.717, 1.165) is 16.9 Å². The van der Waals surface area contributed by atoms with E-state index in [0.29, 0.717) is 22.6 Å². The van der Waals surface area contributed by atoms with Gasteiger partial charge in [-0.2, -0.15) is 10.2 Å². The molecule has 9 nitrogen and oxygen atoms in total. The third kappa shape index (κ3) is 4.11. The summed E-state index contributed by atoms with van der Waals surface area (Å²) in [6.07, 6.45) is 1.53. The van der Waals surface area contributed by atoms with Gasteiger partial charge >= 0.3 is 0 Å². The summed E-state index contributed by atoms with van der Waals surface area (Å²) in [5, 5.41) is 8.73. The van der Waals surface area contributed by atoms with E-state index in [2.05, 4.69) is 15.6 Å². The number of ether oxygens (including phenoxy) is 1. The van der Waals surface area contributed by atoms with Crippen molar-refractivity contribution in [1.29, 1.82) is 0 Å². The molecule has 0 saturated carbocycles. The second-order valence-corrected chi connectivity index (χ2v) is 10.0. The molecule has 0 fully saturated rings. The van der Waals surface area contributed by atoms with Crippen molar-refractivity contribution in [2.75, 3.05) is 18.5 Å². The SMILES string of the molecule is COc1ccc(/C=N/NC(=O)Cn2nc(-c3ccccc3)c3c2-c2ccccc2S(=O)(=O)N3C)cc1. The number of nitrogens with one attached hydrogen (secondary N) is 1. The highest BCUT2D eigenvalue weighted by molar-refractivity contribution is 7.93. The number of sulfonamides is 1.